The van der Waals surface area contributed by atoms with Crippen LogP contribution >= 0.6 is 0 Å². The maximum Gasteiger partial charge on any atom is 0.294 e. The molecule has 20 heavy (non-hydrogen) atoms. The van der Waals surface area contributed by atoms with E-state index < -0.39 is 10.1 Å². The van der Waals surface area contributed by atoms with Crippen LogP contribution in [0.3, 0.4) is 0 Å². The molecule has 2 rings (SSSR count). The van der Waals surface area contributed by atoms with Gasteiger partial charge in [0.25, 0.3) is 10.1 Å². The molecule has 0 unspecified atom stereocenters. The minimum Gasteiger partial charge on any atom is -0.349 e. The highest BCUT2D eigenvalue weighted by Gasteiger charge is 2.06. The van der Waals surface area contributed by atoms with E-state index in [0.717, 1.165) is 17.8 Å². The molecule has 1 aromatic carbocycles. The fraction of sp³-hybridized carbons (Fsp3) is 0.200. The van der Waals surface area contributed by atoms with Gasteiger partial charge in [-0.05, 0) is 32.1 Å². The lowest BCUT2D eigenvalue weighted by Gasteiger charge is -2.19. The third kappa shape index (κ3) is 5.42. The Balaban J connectivity index is 0.000000204. The molecule has 0 aliphatic carbocycles. The van der Waals surface area contributed by atoms with Gasteiger partial charge in [0, 0.05) is 18.4 Å². The average Bonchev–Trinajstić information content (AvgIpc) is 2.40. The summed E-state index contributed by atoms with van der Waals surface area (Å²) in [5, 5.41) is 0. The largest absolute Gasteiger partial charge is 0.349 e. The van der Waals surface area contributed by atoms with E-state index in [9.17, 15) is 8.42 Å². The van der Waals surface area contributed by atoms with Crippen LogP contribution in [0.5, 0.6) is 0 Å². The molecule has 1 N–H and O–H groups in total. The summed E-state index contributed by atoms with van der Waals surface area (Å²) in [6, 6.07) is 5.99. The predicted octanol–water partition coefficient (Wildman–Crippen LogP) is 3.15. The van der Waals surface area contributed by atoms with Crippen LogP contribution in [0.4, 0.5) is 0 Å². The molecule has 4 nitrogen and oxygen atoms in total. The summed E-state index contributed by atoms with van der Waals surface area (Å²) in [5.74, 6) is 0. The first-order valence-electron chi connectivity index (χ1n) is 6.10. The van der Waals surface area contributed by atoms with Gasteiger partial charge in [-0.2, -0.15) is 8.42 Å². The first kappa shape index (κ1) is 16.2. The van der Waals surface area contributed by atoms with Crippen molar-refractivity contribution in [2.75, 3.05) is 6.54 Å². The summed E-state index contributed by atoms with van der Waals surface area (Å²) in [4.78, 5) is 2.03. The van der Waals surface area contributed by atoms with Gasteiger partial charge in [-0.15, -0.1) is 0 Å². The van der Waals surface area contributed by atoms with Crippen molar-refractivity contribution in [1.29, 1.82) is 0 Å². The van der Waals surface area contributed by atoms with Crippen LogP contribution in [0.25, 0.3) is 0 Å². The number of benzene rings is 1. The molecular formula is C15H19NO3S. The summed E-state index contributed by atoms with van der Waals surface area (Å²) >= 11 is 0. The van der Waals surface area contributed by atoms with Crippen LogP contribution < -0.4 is 0 Å². The van der Waals surface area contributed by atoms with E-state index in [1.165, 1.54) is 12.1 Å². The molecule has 5 heteroatoms. The topological polar surface area (TPSA) is 57.6 Å². The summed E-state index contributed by atoms with van der Waals surface area (Å²) in [6.07, 6.45) is 8.19. The van der Waals surface area contributed by atoms with Crippen LogP contribution in [-0.4, -0.2) is 24.4 Å². The van der Waals surface area contributed by atoms with E-state index in [-0.39, 0.29) is 4.90 Å². The van der Waals surface area contributed by atoms with Gasteiger partial charge < -0.3 is 4.90 Å². The SMILES string of the molecule is C=C(C)N1C=CC=CC1.Cc1ccc(S(=O)(=O)O)cc1. The molecule has 108 valence electrons. The Morgan fingerprint density at radius 3 is 2.20 bits per heavy atom. The van der Waals surface area contributed by atoms with Crippen molar-refractivity contribution in [1.82, 2.24) is 4.90 Å². The van der Waals surface area contributed by atoms with Gasteiger partial charge in [0.2, 0.25) is 0 Å². The highest BCUT2D eigenvalue weighted by atomic mass is 32.2. The lowest BCUT2D eigenvalue weighted by molar-refractivity contribution is 0.483. The standard InChI is InChI=1S/C8H11N.C7H8O3S/c1-8(2)9-6-4-3-5-7-9;1-6-2-4-7(5-3-6)11(8,9)10/h3-6H,1,7H2,2H3;2-5H,1H3,(H,8,9,10). The number of hydrogen-bond donors (Lipinski definition) is 1. The van der Waals surface area contributed by atoms with E-state index in [1.807, 2.05) is 32.2 Å². The predicted molar refractivity (Wildman–Crippen MR) is 80.8 cm³/mol. The molecule has 1 aromatic rings. The molecule has 1 heterocycles. The zero-order valence-electron chi connectivity index (χ0n) is 11.7. The summed E-state index contributed by atoms with van der Waals surface area (Å²) in [6.45, 7) is 8.63. The highest BCUT2D eigenvalue weighted by molar-refractivity contribution is 7.85. The van der Waals surface area contributed by atoms with Gasteiger partial charge in [-0.3, -0.25) is 4.55 Å². The zero-order chi connectivity index (χ0) is 15.2. The molecule has 0 spiro atoms. The van der Waals surface area contributed by atoms with Gasteiger partial charge in [-0.1, -0.05) is 36.4 Å². The van der Waals surface area contributed by atoms with Crippen LogP contribution in [0.1, 0.15) is 12.5 Å². The van der Waals surface area contributed by atoms with Crippen LogP contribution in [0.2, 0.25) is 0 Å². The Morgan fingerprint density at radius 1 is 1.25 bits per heavy atom. The van der Waals surface area contributed by atoms with Crippen molar-refractivity contribution < 1.29 is 13.0 Å². The first-order chi connectivity index (χ1) is 9.30. The van der Waals surface area contributed by atoms with E-state index in [1.54, 1.807) is 12.1 Å². The quantitative estimate of drug-likeness (QED) is 0.851. The van der Waals surface area contributed by atoms with E-state index in [4.69, 9.17) is 4.55 Å². The Hall–Kier alpha value is -1.85. The molecule has 0 saturated carbocycles. The third-order valence-electron chi connectivity index (χ3n) is 2.62. The molecule has 0 saturated heterocycles. The first-order valence-corrected chi connectivity index (χ1v) is 7.54. The molecule has 1 aliphatic heterocycles. The zero-order valence-corrected chi connectivity index (χ0v) is 12.5. The van der Waals surface area contributed by atoms with E-state index >= 15 is 0 Å². The maximum absolute atomic E-state index is 10.5. The van der Waals surface area contributed by atoms with Crippen molar-refractivity contribution in [2.45, 2.75) is 18.7 Å². The molecule has 0 fully saturated rings. The van der Waals surface area contributed by atoms with Gasteiger partial charge in [0.1, 0.15) is 0 Å². The normalized spacial score (nSPS) is 13.7. The van der Waals surface area contributed by atoms with Crippen molar-refractivity contribution in [3.8, 4) is 0 Å². The number of allylic oxidation sites excluding steroid dienone is 3. The van der Waals surface area contributed by atoms with E-state index in [0.29, 0.717) is 0 Å². The summed E-state index contributed by atoms with van der Waals surface area (Å²) in [7, 11) is -4.02. The van der Waals surface area contributed by atoms with Gasteiger partial charge in [-0.25, -0.2) is 0 Å². The second kappa shape index (κ2) is 7.07. The van der Waals surface area contributed by atoms with Crippen molar-refractivity contribution in [2.24, 2.45) is 0 Å². The molecule has 0 radical (unpaired) electrons. The Labute approximate surface area is 120 Å². The van der Waals surface area contributed by atoms with Crippen LogP contribution in [0.15, 0.2) is 65.9 Å². The maximum atomic E-state index is 10.5. The van der Waals surface area contributed by atoms with Crippen molar-refractivity contribution in [3.05, 3.63) is 66.5 Å². The third-order valence-corrected chi connectivity index (χ3v) is 3.49. The molecule has 0 atom stereocenters. The number of aryl methyl sites for hydroxylation is 1. The smallest absolute Gasteiger partial charge is 0.294 e. The second-order valence-electron chi connectivity index (χ2n) is 4.45. The second-order valence-corrected chi connectivity index (χ2v) is 5.87. The minimum atomic E-state index is -4.02. The number of hydrogen-bond acceptors (Lipinski definition) is 3. The van der Waals surface area contributed by atoms with Gasteiger partial charge in [0.15, 0.2) is 0 Å². The minimum absolute atomic E-state index is 0.0666. The van der Waals surface area contributed by atoms with Crippen LogP contribution in [-0.2, 0) is 10.1 Å². The molecule has 1 aliphatic rings. The van der Waals surface area contributed by atoms with Crippen LogP contribution in [0, 0.1) is 6.92 Å². The van der Waals surface area contributed by atoms with Crippen molar-refractivity contribution in [3.63, 3.8) is 0 Å². The van der Waals surface area contributed by atoms with Crippen molar-refractivity contribution >= 4 is 10.1 Å². The van der Waals surface area contributed by atoms with Gasteiger partial charge in [0.05, 0.1) is 4.90 Å². The highest BCUT2D eigenvalue weighted by Crippen LogP contribution is 2.08. The molecular weight excluding hydrogens is 274 g/mol. The molecule has 0 amide bonds. The summed E-state index contributed by atoms with van der Waals surface area (Å²) < 4.78 is 29.6. The van der Waals surface area contributed by atoms with Gasteiger partial charge >= 0.3 is 0 Å². The Bertz CT molecular complexity index is 613. The number of rotatable bonds is 2. The molecule has 0 bridgehead atoms. The Morgan fingerprint density at radius 2 is 1.85 bits per heavy atom. The number of nitrogens with zero attached hydrogens (tertiary/aromatic N) is 1. The fourth-order valence-electron chi connectivity index (χ4n) is 1.46. The monoisotopic (exact) mass is 293 g/mol. The average molecular weight is 293 g/mol. The van der Waals surface area contributed by atoms with E-state index in [2.05, 4.69) is 17.6 Å². The molecule has 0 aromatic heterocycles. The fourth-order valence-corrected chi connectivity index (χ4v) is 1.94. The Kier molecular flexibility index (Phi) is 5.73. The summed E-state index contributed by atoms with van der Waals surface area (Å²) in [5.41, 5.74) is 2.05. The lowest BCUT2D eigenvalue weighted by atomic mass is 10.2. The lowest BCUT2D eigenvalue weighted by Crippen LogP contribution is -2.15.